The van der Waals surface area contributed by atoms with Gasteiger partial charge in [-0.1, -0.05) is 18.2 Å². The zero-order valence-electron chi connectivity index (χ0n) is 25.4. The molecule has 48 heavy (non-hydrogen) atoms. The Bertz CT molecular complexity index is 1750. The van der Waals surface area contributed by atoms with Crippen LogP contribution in [0.25, 0.3) is 0 Å². The van der Waals surface area contributed by atoms with E-state index in [-0.39, 0.29) is 54.7 Å². The Labute approximate surface area is 271 Å². The highest BCUT2D eigenvalue weighted by Crippen LogP contribution is 2.31. The first-order valence-electron chi connectivity index (χ1n) is 15.1. The molecule has 1 N–H and O–H groups in total. The lowest BCUT2D eigenvalue weighted by molar-refractivity contribution is -0.274. The van der Waals surface area contributed by atoms with Gasteiger partial charge >= 0.3 is 6.36 Å². The second-order valence-corrected chi connectivity index (χ2v) is 11.5. The molecule has 1 amide bonds. The fourth-order valence-electron chi connectivity index (χ4n) is 5.94. The third-order valence-corrected chi connectivity index (χ3v) is 8.13. The number of piperazine rings is 1. The zero-order chi connectivity index (χ0) is 34.4. The van der Waals surface area contributed by atoms with E-state index < -0.39 is 53.2 Å². The molecule has 0 spiro atoms. The molecule has 2 heterocycles. The molecule has 2 atom stereocenters. The first-order valence-corrected chi connectivity index (χ1v) is 15.1. The molecule has 0 aliphatic carbocycles. The van der Waals surface area contributed by atoms with Gasteiger partial charge in [-0.15, -0.1) is 13.2 Å². The number of hydrogen-bond donors (Lipinski definition) is 1. The largest absolute Gasteiger partial charge is 0.573 e. The number of nitrogens with one attached hydrogen (secondary N) is 1. The predicted molar refractivity (Wildman–Crippen MR) is 161 cm³/mol. The van der Waals surface area contributed by atoms with E-state index in [1.54, 1.807) is 0 Å². The van der Waals surface area contributed by atoms with Crippen molar-refractivity contribution in [3.63, 3.8) is 0 Å². The predicted octanol–water partition coefficient (Wildman–Crippen LogP) is 6.92. The van der Waals surface area contributed by atoms with Gasteiger partial charge in [0.1, 0.15) is 34.8 Å². The Hall–Kier alpha value is -4.78. The molecule has 0 saturated carbocycles. The van der Waals surface area contributed by atoms with E-state index in [4.69, 9.17) is 0 Å². The first-order chi connectivity index (χ1) is 22.9. The molecule has 1 aromatic heterocycles. The maximum atomic E-state index is 15.2. The number of hydrogen-bond acceptors (Lipinski definition) is 5. The Morgan fingerprint density at radius 1 is 0.917 bits per heavy atom. The lowest BCUT2D eigenvalue weighted by Crippen LogP contribution is -2.53. The topological polar surface area (TPSA) is 71.5 Å². The van der Waals surface area contributed by atoms with E-state index in [1.165, 1.54) is 47.5 Å². The van der Waals surface area contributed by atoms with Gasteiger partial charge in [-0.25, -0.2) is 17.6 Å². The number of carbonyl (C=O) groups excluding carboxylic acids is 2. The second-order valence-electron chi connectivity index (χ2n) is 11.5. The van der Waals surface area contributed by atoms with Gasteiger partial charge in [-0.2, -0.15) is 0 Å². The minimum atomic E-state index is -4.92. The Morgan fingerprint density at radius 3 is 2.35 bits per heavy atom. The van der Waals surface area contributed by atoms with Crippen LogP contribution in [0.2, 0.25) is 0 Å². The van der Waals surface area contributed by atoms with Crippen LogP contribution < -0.4 is 10.1 Å². The first kappa shape index (κ1) is 34.6. The molecule has 4 aromatic rings. The van der Waals surface area contributed by atoms with E-state index in [0.29, 0.717) is 30.3 Å². The molecule has 5 rings (SSSR count). The summed E-state index contributed by atoms with van der Waals surface area (Å²) in [6.07, 6.45) is -2.69. The number of alkyl halides is 3. The van der Waals surface area contributed by atoms with Crippen molar-refractivity contribution in [2.45, 2.75) is 44.0 Å². The van der Waals surface area contributed by atoms with Crippen LogP contribution in [0.15, 0.2) is 79.1 Å². The smallest absolute Gasteiger partial charge is 0.406 e. The van der Waals surface area contributed by atoms with Crippen molar-refractivity contribution >= 4 is 11.7 Å². The number of aromatic nitrogens is 1. The number of benzene rings is 3. The number of ketones is 1. The van der Waals surface area contributed by atoms with Crippen molar-refractivity contribution in [1.82, 2.24) is 15.2 Å². The van der Waals surface area contributed by atoms with E-state index in [9.17, 15) is 35.9 Å². The minimum Gasteiger partial charge on any atom is -0.406 e. The van der Waals surface area contributed by atoms with Crippen LogP contribution in [0.3, 0.4) is 0 Å². The third kappa shape index (κ3) is 8.97. The number of ether oxygens (including phenoxy) is 1. The Kier molecular flexibility index (Phi) is 10.8. The van der Waals surface area contributed by atoms with Crippen LogP contribution in [0.5, 0.6) is 5.75 Å². The van der Waals surface area contributed by atoms with E-state index >= 15 is 4.39 Å². The fourth-order valence-corrected chi connectivity index (χ4v) is 5.94. The van der Waals surface area contributed by atoms with Crippen LogP contribution in [-0.4, -0.2) is 53.6 Å². The number of amides is 1. The minimum absolute atomic E-state index is 0.00100. The SMILES string of the molecule is O=C(Cc1cncc(F)c1CC[C@H]1CNCCN1C(=O)c1cccc(OC(F)(F)F)c1)C[C@@H](c1ccc(F)cc1)c1cc(F)cc(F)c1. The molecular formula is C35H30F7N3O3. The molecule has 3 aromatic carbocycles. The van der Waals surface area contributed by atoms with Crippen molar-refractivity contribution in [2.75, 3.05) is 19.6 Å². The molecule has 1 aliphatic rings. The summed E-state index contributed by atoms with van der Waals surface area (Å²) in [6, 6.07) is 12.4. The average Bonchev–Trinajstić information content (AvgIpc) is 3.02. The van der Waals surface area contributed by atoms with Gasteiger partial charge in [-0.3, -0.25) is 14.6 Å². The van der Waals surface area contributed by atoms with Crippen LogP contribution in [0.1, 0.15) is 51.4 Å². The van der Waals surface area contributed by atoms with Crippen molar-refractivity contribution in [1.29, 1.82) is 0 Å². The molecule has 1 saturated heterocycles. The summed E-state index contributed by atoms with van der Waals surface area (Å²) >= 11 is 0. The molecular weight excluding hydrogens is 643 g/mol. The molecule has 252 valence electrons. The summed E-state index contributed by atoms with van der Waals surface area (Å²) < 4.78 is 99.2. The van der Waals surface area contributed by atoms with Crippen molar-refractivity contribution in [3.8, 4) is 5.75 Å². The highest BCUT2D eigenvalue weighted by molar-refractivity contribution is 5.95. The molecule has 1 fully saturated rings. The monoisotopic (exact) mass is 673 g/mol. The van der Waals surface area contributed by atoms with Crippen LogP contribution in [0, 0.1) is 23.3 Å². The number of Topliss-reactive ketones (excluding diaryl/α,β-unsaturated/α-hetero) is 1. The molecule has 0 bridgehead atoms. The summed E-state index contributed by atoms with van der Waals surface area (Å²) in [7, 11) is 0. The highest BCUT2D eigenvalue weighted by atomic mass is 19.4. The van der Waals surface area contributed by atoms with Crippen LogP contribution >= 0.6 is 0 Å². The summed E-state index contributed by atoms with van der Waals surface area (Å²) in [5, 5.41) is 3.17. The number of nitrogens with zero attached hydrogens (tertiary/aromatic N) is 2. The van der Waals surface area contributed by atoms with Crippen molar-refractivity contribution < 1.29 is 45.1 Å². The standard InChI is InChI=1S/C35H30F7N3O3/c36-25-6-4-21(5-7-25)32(23-12-26(37)16-27(38)13-23)17-29(46)14-24-18-44-20-33(39)31(24)9-8-28-19-43-10-11-45(28)34(47)22-2-1-3-30(15-22)48-35(40,41)42/h1-7,12-13,15-16,18,20,28,32,43H,8-11,14,17,19H2/t28-,32-/m0/s1. The van der Waals surface area contributed by atoms with Crippen LogP contribution in [0.4, 0.5) is 30.7 Å². The van der Waals surface area contributed by atoms with Gasteiger partial charge in [0.25, 0.3) is 5.91 Å². The molecule has 13 heteroatoms. The van der Waals surface area contributed by atoms with Gasteiger partial charge in [0.15, 0.2) is 0 Å². The maximum absolute atomic E-state index is 15.2. The quantitative estimate of drug-likeness (QED) is 0.175. The van der Waals surface area contributed by atoms with E-state index in [1.807, 2.05) is 0 Å². The number of carbonyl (C=O) groups is 2. The van der Waals surface area contributed by atoms with Gasteiger partial charge in [0, 0.05) is 62.3 Å². The lowest BCUT2D eigenvalue weighted by atomic mass is 9.85. The highest BCUT2D eigenvalue weighted by Gasteiger charge is 2.32. The molecule has 6 nitrogen and oxygen atoms in total. The maximum Gasteiger partial charge on any atom is 0.573 e. The number of halogens is 7. The summed E-state index contributed by atoms with van der Waals surface area (Å²) in [6.45, 7) is 1.03. The number of rotatable bonds is 11. The normalized spacial score (nSPS) is 15.6. The zero-order valence-corrected chi connectivity index (χ0v) is 25.4. The van der Waals surface area contributed by atoms with Gasteiger partial charge in [0.05, 0.1) is 6.20 Å². The van der Waals surface area contributed by atoms with Crippen molar-refractivity contribution in [3.05, 3.63) is 130 Å². The Balaban J connectivity index is 1.32. The number of pyridine rings is 1. The summed E-state index contributed by atoms with van der Waals surface area (Å²) in [4.78, 5) is 32.2. The average molecular weight is 674 g/mol. The van der Waals surface area contributed by atoms with Gasteiger partial charge in [0.2, 0.25) is 0 Å². The van der Waals surface area contributed by atoms with Gasteiger partial charge < -0.3 is 15.0 Å². The summed E-state index contributed by atoms with van der Waals surface area (Å²) in [5.41, 5.74) is 1.13. The van der Waals surface area contributed by atoms with E-state index in [0.717, 1.165) is 30.5 Å². The Morgan fingerprint density at radius 2 is 1.65 bits per heavy atom. The molecule has 1 aliphatic heterocycles. The lowest BCUT2D eigenvalue weighted by Gasteiger charge is -2.36. The van der Waals surface area contributed by atoms with E-state index in [2.05, 4.69) is 15.0 Å². The fraction of sp³-hybridized carbons (Fsp3) is 0.286. The third-order valence-electron chi connectivity index (χ3n) is 8.13. The van der Waals surface area contributed by atoms with Crippen LogP contribution in [-0.2, 0) is 17.6 Å². The molecule has 0 unspecified atom stereocenters. The van der Waals surface area contributed by atoms with Gasteiger partial charge in [-0.05, 0) is 77.6 Å². The summed E-state index contributed by atoms with van der Waals surface area (Å²) in [5.74, 6) is -5.12. The molecule has 0 radical (unpaired) electrons. The van der Waals surface area contributed by atoms with Crippen molar-refractivity contribution in [2.24, 2.45) is 0 Å². The second kappa shape index (κ2) is 15.0.